The van der Waals surface area contributed by atoms with Gasteiger partial charge in [0.25, 0.3) is 11.6 Å². The Morgan fingerprint density at radius 2 is 1.96 bits per heavy atom. The molecule has 1 aliphatic heterocycles. The molecule has 0 atom stereocenters. The van der Waals surface area contributed by atoms with Gasteiger partial charge in [0.1, 0.15) is 11.5 Å². The molecule has 9 heteroatoms. The van der Waals surface area contributed by atoms with Gasteiger partial charge in [0, 0.05) is 25.2 Å². The van der Waals surface area contributed by atoms with Crippen molar-refractivity contribution in [1.29, 1.82) is 0 Å². The average Bonchev–Trinajstić information content (AvgIpc) is 2.69. The fourth-order valence-corrected chi connectivity index (χ4v) is 4.13. The van der Waals surface area contributed by atoms with E-state index in [1.54, 1.807) is 0 Å². The molecule has 3 N–H and O–H groups in total. The van der Waals surface area contributed by atoms with Crippen LogP contribution in [0.15, 0.2) is 12.1 Å². The molecule has 148 valence electrons. The number of hydrogen-bond donors (Lipinski definition) is 2. The molecule has 3 rings (SSSR count). The second kappa shape index (κ2) is 8.18. The standard InChI is InChI=1S/C18H25FN4O4/c19-13-10-14(16(20)15(11-13)23(25)26)17(24)21-12-18(4-2-1-3-5-18)22-6-8-27-9-7-22/h10-11H,1-9,12,20H2,(H,21,24). The quantitative estimate of drug-likeness (QED) is 0.460. The van der Waals surface area contributed by atoms with E-state index in [9.17, 15) is 19.3 Å². The highest BCUT2D eigenvalue weighted by atomic mass is 19.1. The molecular formula is C18H25FN4O4. The Balaban J connectivity index is 1.77. The lowest BCUT2D eigenvalue weighted by Crippen LogP contribution is -2.59. The van der Waals surface area contributed by atoms with Gasteiger partial charge in [0.2, 0.25) is 0 Å². The van der Waals surface area contributed by atoms with Gasteiger partial charge in [-0.25, -0.2) is 4.39 Å². The van der Waals surface area contributed by atoms with Crippen molar-refractivity contribution in [1.82, 2.24) is 10.2 Å². The van der Waals surface area contributed by atoms with Crippen molar-refractivity contribution < 1.29 is 18.8 Å². The van der Waals surface area contributed by atoms with E-state index >= 15 is 0 Å². The monoisotopic (exact) mass is 380 g/mol. The number of rotatable bonds is 5. The molecule has 1 aromatic rings. The third kappa shape index (κ3) is 4.19. The molecule has 0 unspecified atom stereocenters. The van der Waals surface area contributed by atoms with E-state index in [1.165, 1.54) is 6.42 Å². The Bertz CT molecular complexity index is 716. The predicted octanol–water partition coefficient (Wildman–Crippen LogP) is 2.08. The third-order valence-corrected chi connectivity index (χ3v) is 5.61. The van der Waals surface area contributed by atoms with Crippen LogP contribution in [0.2, 0.25) is 0 Å². The van der Waals surface area contributed by atoms with Crippen molar-refractivity contribution >= 4 is 17.3 Å². The van der Waals surface area contributed by atoms with Crippen LogP contribution in [0.1, 0.15) is 42.5 Å². The zero-order valence-electron chi connectivity index (χ0n) is 15.2. The number of anilines is 1. The third-order valence-electron chi connectivity index (χ3n) is 5.61. The first kappa shape index (κ1) is 19.5. The highest BCUT2D eigenvalue weighted by molar-refractivity contribution is 6.01. The maximum Gasteiger partial charge on any atom is 0.295 e. The first-order chi connectivity index (χ1) is 12.9. The first-order valence-electron chi connectivity index (χ1n) is 9.27. The van der Waals surface area contributed by atoms with E-state index in [-0.39, 0.29) is 16.8 Å². The number of amides is 1. The van der Waals surface area contributed by atoms with Gasteiger partial charge in [-0.1, -0.05) is 19.3 Å². The minimum atomic E-state index is -0.860. The van der Waals surface area contributed by atoms with Gasteiger partial charge in [0.15, 0.2) is 0 Å². The van der Waals surface area contributed by atoms with Crippen molar-refractivity contribution in [3.63, 3.8) is 0 Å². The van der Waals surface area contributed by atoms with Crippen LogP contribution in [0.3, 0.4) is 0 Å². The van der Waals surface area contributed by atoms with E-state index in [0.29, 0.717) is 19.8 Å². The van der Waals surface area contributed by atoms with Gasteiger partial charge < -0.3 is 15.8 Å². The van der Waals surface area contributed by atoms with Crippen LogP contribution in [0.25, 0.3) is 0 Å². The molecule has 0 spiro atoms. The number of nitro groups is 1. The molecule has 0 aromatic heterocycles. The van der Waals surface area contributed by atoms with Gasteiger partial charge in [0.05, 0.1) is 29.8 Å². The zero-order chi connectivity index (χ0) is 19.4. The van der Waals surface area contributed by atoms with Crippen molar-refractivity contribution in [3.8, 4) is 0 Å². The van der Waals surface area contributed by atoms with Crippen molar-refractivity contribution in [3.05, 3.63) is 33.6 Å². The highest BCUT2D eigenvalue weighted by Gasteiger charge is 2.39. The molecule has 1 aromatic carbocycles. The van der Waals surface area contributed by atoms with Gasteiger partial charge in [-0.3, -0.25) is 19.8 Å². The normalized spacial score (nSPS) is 20.2. The molecule has 8 nitrogen and oxygen atoms in total. The molecule has 1 aliphatic carbocycles. The summed E-state index contributed by atoms with van der Waals surface area (Å²) in [5, 5.41) is 13.9. The Morgan fingerprint density at radius 3 is 2.59 bits per heavy atom. The van der Waals surface area contributed by atoms with Crippen molar-refractivity contribution in [2.45, 2.75) is 37.6 Å². The summed E-state index contributed by atoms with van der Waals surface area (Å²) in [4.78, 5) is 25.2. The second-order valence-corrected chi connectivity index (χ2v) is 7.21. The summed E-state index contributed by atoms with van der Waals surface area (Å²) in [6.07, 6.45) is 5.27. The lowest BCUT2D eigenvalue weighted by Gasteiger charge is -2.48. The van der Waals surface area contributed by atoms with E-state index < -0.39 is 22.3 Å². The number of ether oxygens (including phenoxy) is 1. The number of morpholine rings is 1. The van der Waals surface area contributed by atoms with Crippen LogP contribution < -0.4 is 11.1 Å². The van der Waals surface area contributed by atoms with Crippen LogP contribution in [-0.4, -0.2) is 54.1 Å². The summed E-state index contributed by atoms with van der Waals surface area (Å²) < 4.78 is 19.2. The highest BCUT2D eigenvalue weighted by Crippen LogP contribution is 2.34. The summed E-state index contributed by atoms with van der Waals surface area (Å²) in [6.45, 7) is 3.35. The molecule has 1 saturated carbocycles. The van der Waals surface area contributed by atoms with E-state index in [1.807, 2.05) is 0 Å². The number of nitrogen functional groups attached to an aromatic ring is 1. The summed E-state index contributed by atoms with van der Waals surface area (Å²) >= 11 is 0. The fraction of sp³-hybridized carbons (Fsp3) is 0.611. The molecule has 2 fully saturated rings. The second-order valence-electron chi connectivity index (χ2n) is 7.21. The number of benzene rings is 1. The number of nitro benzene ring substituents is 1. The molecule has 2 aliphatic rings. The smallest absolute Gasteiger partial charge is 0.295 e. The van der Waals surface area contributed by atoms with E-state index in [0.717, 1.165) is 50.9 Å². The summed E-state index contributed by atoms with van der Waals surface area (Å²) in [6, 6.07) is 1.67. The maximum atomic E-state index is 13.7. The number of halogens is 1. The van der Waals surface area contributed by atoms with Crippen LogP contribution in [-0.2, 0) is 4.74 Å². The molecule has 1 saturated heterocycles. The summed E-state index contributed by atoms with van der Waals surface area (Å²) in [7, 11) is 0. The average molecular weight is 380 g/mol. The van der Waals surface area contributed by atoms with Gasteiger partial charge in [-0.2, -0.15) is 0 Å². The van der Waals surface area contributed by atoms with Gasteiger partial charge in [-0.05, 0) is 18.9 Å². The topological polar surface area (TPSA) is 111 Å². The van der Waals surface area contributed by atoms with Crippen molar-refractivity contribution in [2.24, 2.45) is 0 Å². The van der Waals surface area contributed by atoms with E-state index in [2.05, 4.69) is 10.2 Å². The Kier molecular flexibility index (Phi) is 5.91. The molecule has 0 radical (unpaired) electrons. The SMILES string of the molecule is Nc1c(C(=O)NCC2(N3CCOCC3)CCCCC2)cc(F)cc1[N+](=O)[O-]. The van der Waals surface area contributed by atoms with Gasteiger partial charge >= 0.3 is 0 Å². The van der Waals surface area contributed by atoms with Crippen molar-refractivity contribution in [2.75, 3.05) is 38.6 Å². The zero-order valence-corrected chi connectivity index (χ0v) is 15.2. The first-order valence-corrected chi connectivity index (χ1v) is 9.27. The molecule has 0 bridgehead atoms. The summed E-state index contributed by atoms with van der Waals surface area (Å²) in [5.41, 5.74) is 4.47. The fourth-order valence-electron chi connectivity index (χ4n) is 4.13. The number of carbonyl (C=O) groups is 1. The van der Waals surface area contributed by atoms with Crippen LogP contribution in [0.4, 0.5) is 15.8 Å². The summed E-state index contributed by atoms with van der Waals surface area (Å²) in [5.74, 6) is -1.45. The number of nitrogens with zero attached hydrogens (tertiary/aromatic N) is 2. The van der Waals surface area contributed by atoms with E-state index in [4.69, 9.17) is 10.5 Å². The van der Waals surface area contributed by atoms with Crippen LogP contribution in [0, 0.1) is 15.9 Å². The Hall–Kier alpha value is -2.26. The largest absolute Gasteiger partial charge is 0.393 e. The minimum Gasteiger partial charge on any atom is -0.393 e. The molecular weight excluding hydrogens is 355 g/mol. The lowest BCUT2D eigenvalue weighted by molar-refractivity contribution is -0.384. The molecule has 27 heavy (non-hydrogen) atoms. The van der Waals surface area contributed by atoms with Gasteiger partial charge in [-0.15, -0.1) is 0 Å². The Morgan fingerprint density at radius 1 is 1.30 bits per heavy atom. The predicted molar refractivity (Wildman–Crippen MR) is 98.0 cm³/mol. The van der Waals surface area contributed by atoms with Crippen LogP contribution >= 0.6 is 0 Å². The molecule has 1 amide bonds. The maximum absolute atomic E-state index is 13.7. The lowest BCUT2D eigenvalue weighted by atomic mass is 9.79. The number of hydrogen-bond acceptors (Lipinski definition) is 6. The molecule has 1 heterocycles. The van der Waals surface area contributed by atoms with Crippen LogP contribution in [0.5, 0.6) is 0 Å². The number of carbonyl (C=O) groups excluding carboxylic acids is 1. The number of nitrogens with one attached hydrogen (secondary N) is 1. The minimum absolute atomic E-state index is 0.161. The Labute approximate surface area is 157 Å². The number of nitrogens with two attached hydrogens (primary N) is 1.